The molecule has 1 aromatic carbocycles. The van der Waals surface area contributed by atoms with Crippen molar-refractivity contribution in [3.8, 4) is 5.75 Å². The van der Waals surface area contributed by atoms with Crippen molar-refractivity contribution < 1.29 is 32.6 Å². The van der Waals surface area contributed by atoms with Crippen LogP contribution >= 0.6 is 0 Å². The number of amides is 3. The molecule has 2 bridgehead atoms. The molecule has 8 heterocycles. The molecule has 4 aromatic heterocycles. The number of para-hydroxylation sites is 1. The molecule has 1 saturated carbocycles. The van der Waals surface area contributed by atoms with Crippen molar-refractivity contribution in [1.82, 2.24) is 43.7 Å². The highest BCUT2D eigenvalue weighted by Gasteiger charge is 2.40. The molecule has 5 aliphatic rings. The number of carbonyl (C=O) groups is 3. The van der Waals surface area contributed by atoms with Crippen molar-refractivity contribution in [3.63, 3.8) is 0 Å². The van der Waals surface area contributed by atoms with E-state index in [0.717, 1.165) is 70.4 Å². The maximum Gasteiger partial charge on any atom is 0.329 e. The van der Waals surface area contributed by atoms with Crippen molar-refractivity contribution in [1.29, 1.82) is 0 Å². The molecule has 10 rings (SSSR count). The number of hydrogen-bond donors (Lipinski definition) is 2. The van der Waals surface area contributed by atoms with E-state index in [1.54, 1.807) is 24.0 Å². The molecule has 4 saturated heterocycles. The fourth-order valence-electron chi connectivity index (χ4n) is 9.85. The fraction of sp³-hybridized carbons (Fsp3) is 0.525. The van der Waals surface area contributed by atoms with Gasteiger partial charge in [0.1, 0.15) is 34.8 Å². The van der Waals surface area contributed by atoms with Crippen LogP contribution in [-0.2, 0) is 21.4 Å². The van der Waals surface area contributed by atoms with Gasteiger partial charge in [-0.1, -0.05) is 6.07 Å². The van der Waals surface area contributed by atoms with Gasteiger partial charge in [-0.05, 0) is 69.6 Å². The molecule has 0 spiro atoms. The quantitative estimate of drug-likeness (QED) is 0.208. The number of benzene rings is 1. The van der Waals surface area contributed by atoms with Crippen LogP contribution in [0.3, 0.4) is 0 Å². The van der Waals surface area contributed by atoms with Crippen LogP contribution in [0.15, 0.2) is 47.7 Å². The normalized spacial score (nSPS) is 25.4. The number of imide groups is 1. The van der Waals surface area contributed by atoms with Crippen LogP contribution in [0.2, 0.25) is 0 Å². The first-order valence-corrected chi connectivity index (χ1v) is 20.4. The monoisotopic (exact) mass is 813 g/mol. The lowest BCUT2D eigenvalue weighted by Gasteiger charge is -2.40. The second-order valence-electron chi connectivity index (χ2n) is 16.4. The predicted octanol–water partition coefficient (Wildman–Crippen LogP) is 3.75. The lowest BCUT2D eigenvalue weighted by molar-refractivity contribution is -0.135. The van der Waals surface area contributed by atoms with Gasteiger partial charge in [0.25, 0.3) is 12.3 Å². The molecule has 17 nitrogen and oxygen atoms in total. The summed E-state index contributed by atoms with van der Waals surface area (Å²) in [5, 5.41) is 13.6. The Kier molecular flexibility index (Phi) is 9.45. The van der Waals surface area contributed by atoms with Crippen LogP contribution in [0.4, 0.5) is 20.3 Å². The molecular formula is C40H45F2N11O6. The van der Waals surface area contributed by atoms with Crippen molar-refractivity contribution in [2.24, 2.45) is 7.05 Å². The molecule has 59 heavy (non-hydrogen) atoms. The second-order valence-corrected chi connectivity index (χ2v) is 16.4. The minimum Gasteiger partial charge on any atom is -0.488 e. The van der Waals surface area contributed by atoms with Crippen LogP contribution in [0.1, 0.15) is 92.3 Å². The molecule has 5 fully saturated rings. The number of fused-ring (bicyclic) bond motifs is 4. The van der Waals surface area contributed by atoms with Gasteiger partial charge in [-0.2, -0.15) is 10.2 Å². The number of nitrogens with zero attached hydrogens (tertiary/aromatic N) is 9. The maximum atomic E-state index is 14.3. The van der Waals surface area contributed by atoms with Crippen molar-refractivity contribution >= 4 is 45.9 Å². The van der Waals surface area contributed by atoms with E-state index in [9.17, 15) is 28.0 Å². The van der Waals surface area contributed by atoms with Crippen LogP contribution in [0.5, 0.6) is 5.75 Å². The van der Waals surface area contributed by atoms with Crippen LogP contribution in [-0.4, -0.2) is 107 Å². The van der Waals surface area contributed by atoms with E-state index in [-0.39, 0.29) is 60.0 Å². The lowest BCUT2D eigenvalue weighted by Crippen LogP contribution is -2.45. The zero-order valence-corrected chi connectivity index (χ0v) is 32.5. The van der Waals surface area contributed by atoms with Gasteiger partial charge in [0.05, 0.1) is 42.2 Å². The van der Waals surface area contributed by atoms with Gasteiger partial charge in [-0.15, -0.1) is 0 Å². The number of imidazole rings is 1. The molecule has 1 aliphatic carbocycles. The number of likely N-dealkylation sites (tertiary alicyclic amines) is 1. The summed E-state index contributed by atoms with van der Waals surface area (Å²) in [4.78, 5) is 60.7. The molecule has 1 unspecified atom stereocenters. The Morgan fingerprint density at radius 3 is 2.54 bits per heavy atom. The maximum absolute atomic E-state index is 14.3. The minimum atomic E-state index is -2.88. The summed E-state index contributed by atoms with van der Waals surface area (Å²) in [7, 11) is 1.66. The van der Waals surface area contributed by atoms with Crippen LogP contribution in [0.25, 0.3) is 16.7 Å². The van der Waals surface area contributed by atoms with Gasteiger partial charge in [-0.3, -0.25) is 33.5 Å². The Hall–Kier alpha value is -5.69. The van der Waals surface area contributed by atoms with E-state index in [1.165, 1.54) is 26.0 Å². The van der Waals surface area contributed by atoms with Crippen LogP contribution < -0.4 is 26.0 Å². The van der Waals surface area contributed by atoms with Gasteiger partial charge in [0.15, 0.2) is 11.3 Å². The highest BCUT2D eigenvalue weighted by atomic mass is 19.3. The van der Waals surface area contributed by atoms with Gasteiger partial charge < -0.3 is 24.6 Å². The van der Waals surface area contributed by atoms with Crippen molar-refractivity contribution in [2.45, 2.75) is 101 Å². The highest BCUT2D eigenvalue weighted by molar-refractivity contribution is 6.08. The van der Waals surface area contributed by atoms with E-state index in [2.05, 4.69) is 30.6 Å². The average molecular weight is 814 g/mol. The van der Waals surface area contributed by atoms with E-state index in [4.69, 9.17) is 14.5 Å². The summed E-state index contributed by atoms with van der Waals surface area (Å²) < 4.78 is 46.9. The number of aromatic nitrogens is 7. The zero-order chi connectivity index (χ0) is 40.5. The van der Waals surface area contributed by atoms with Gasteiger partial charge in [0.2, 0.25) is 11.8 Å². The Morgan fingerprint density at radius 1 is 1.02 bits per heavy atom. The number of halogens is 2. The van der Waals surface area contributed by atoms with E-state index >= 15 is 0 Å². The molecule has 5 aromatic rings. The molecule has 310 valence electrons. The zero-order valence-electron chi connectivity index (χ0n) is 32.5. The molecule has 3 amide bonds. The number of hydrogen-bond acceptors (Lipinski definition) is 11. The van der Waals surface area contributed by atoms with Crippen molar-refractivity contribution in [3.05, 3.63) is 64.6 Å². The summed E-state index contributed by atoms with van der Waals surface area (Å²) in [6, 6.07) is 7.02. The Morgan fingerprint density at radius 2 is 1.81 bits per heavy atom. The summed E-state index contributed by atoms with van der Waals surface area (Å²) in [5.74, 6) is -0.100. The largest absolute Gasteiger partial charge is 0.488 e. The minimum absolute atomic E-state index is 0.0259. The van der Waals surface area contributed by atoms with Gasteiger partial charge in [-0.25, -0.2) is 23.1 Å². The third-order valence-electron chi connectivity index (χ3n) is 12.9. The summed E-state index contributed by atoms with van der Waals surface area (Å²) in [6.45, 7) is 3.02. The topological polar surface area (TPSA) is 175 Å². The number of aryl methyl sites for hydroxylation is 1. The number of piperidine rings is 2. The number of alkyl halides is 2. The molecular weight excluding hydrogens is 769 g/mol. The first-order valence-electron chi connectivity index (χ1n) is 20.4. The Bertz CT molecular complexity index is 2510. The summed E-state index contributed by atoms with van der Waals surface area (Å²) in [6.07, 6.45) is 8.09. The second kappa shape index (κ2) is 14.8. The summed E-state index contributed by atoms with van der Waals surface area (Å²) in [5.41, 5.74) is 0.889. The van der Waals surface area contributed by atoms with Gasteiger partial charge >= 0.3 is 5.69 Å². The van der Waals surface area contributed by atoms with Crippen molar-refractivity contribution in [2.75, 3.05) is 36.5 Å². The Balaban J connectivity index is 0.761. The fourth-order valence-corrected chi connectivity index (χ4v) is 9.85. The number of rotatable bonds is 9. The number of nitrogens with one attached hydrogen (secondary N) is 2. The highest BCUT2D eigenvalue weighted by Crippen LogP contribution is 2.37. The smallest absolute Gasteiger partial charge is 0.329 e. The standard InChI is InChI=1S/C40H45F2N11O6/c1-48-35-29(53(40(48)57)30-9-10-33(54)46-39(30)56)3-2-4-31(35)59-25-11-14-49(15-12-25)22-5-7-23(8-6-22)52-20-28(34(47-52)36(41)42)44-38(55)27-18-43-51-16-13-32(45-37(27)51)50-19-26-17-24(50)21-58-26/h2-4,13,16,18,20,22-26,30,36H,5-12,14-15,17,19,21H2,1H3,(H,44,55)(H,46,54,56)/t22-,23-,24-,26-,30?/m1/s1. The van der Waals surface area contributed by atoms with E-state index in [1.807, 2.05) is 18.2 Å². The first kappa shape index (κ1) is 37.6. The Labute approximate surface area is 336 Å². The SMILES string of the molecule is Cn1c(=O)n(C2CCC(=O)NC2=O)c2cccc(OC3CCN([C@H]4CC[C@H](n5cc(NC(=O)c6cnn7ccc(N8C[C@H]9C[C@@H]8CO9)nc67)c(C(F)F)n5)CC4)CC3)c21. The third-order valence-corrected chi connectivity index (χ3v) is 12.9. The predicted molar refractivity (Wildman–Crippen MR) is 209 cm³/mol. The number of carbonyl (C=O) groups excluding carboxylic acids is 3. The summed E-state index contributed by atoms with van der Waals surface area (Å²) >= 11 is 0. The van der Waals surface area contributed by atoms with E-state index < -0.39 is 30.0 Å². The van der Waals surface area contributed by atoms with Gasteiger partial charge in [0, 0.05) is 51.5 Å². The molecule has 3 atom stereocenters. The molecule has 2 N–H and O–H groups in total. The van der Waals surface area contributed by atoms with Crippen LogP contribution in [0, 0.1) is 0 Å². The lowest BCUT2D eigenvalue weighted by atomic mass is 9.89. The number of anilines is 2. The van der Waals surface area contributed by atoms with E-state index in [0.29, 0.717) is 35.1 Å². The average Bonchev–Trinajstić information content (AvgIpc) is 4.08. The first-order chi connectivity index (χ1) is 28.6. The number of morpholine rings is 1. The molecule has 4 aliphatic heterocycles. The number of ether oxygens (including phenoxy) is 2. The molecule has 0 radical (unpaired) electrons. The molecule has 19 heteroatoms. The third kappa shape index (κ3) is 6.73.